The van der Waals surface area contributed by atoms with Crippen molar-refractivity contribution in [2.75, 3.05) is 26.7 Å². The van der Waals surface area contributed by atoms with Crippen molar-refractivity contribution >= 4 is 18.3 Å². The van der Waals surface area contributed by atoms with Gasteiger partial charge in [0.1, 0.15) is 0 Å². The average Bonchev–Trinajstić information content (AvgIpc) is 2.87. The van der Waals surface area contributed by atoms with Crippen LogP contribution in [0.15, 0.2) is 24.3 Å². The van der Waals surface area contributed by atoms with Crippen molar-refractivity contribution in [2.24, 2.45) is 5.92 Å². The minimum Gasteiger partial charge on any atom is -0.342 e. The van der Waals surface area contributed by atoms with E-state index < -0.39 is 11.7 Å². The first-order chi connectivity index (χ1) is 9.91. The van der Waals surface area contributed by atoms with Gasteiger partial charge in [0, 0.05) is 13.1 Å². The van der Waals surface area contributed by atoms with Crippen molar-refractivity contribution in [3.8, 4) is 0 Å². The molecule has 7 heteroatoms. The van der Waals surface area contributed by atoms with E-state index in [9.17, 15) is 18.0 Å². The first-order valence-electron chi connectivity index (χ1n) is 6.99. The van der Waals surface area contributed by atoms with Crippen molar-refractivity contribution in [1.82, 2.24) is 10.2 Å². The molecule has 124 valence electrons. The Labute approximate surface area is 134 Å². The van der Waals surface area contributed by atoms with Crippen LogP contribution < -0.4 is 5.32 Å². The number of likely N-dealkylation sites (tertiary alicyclic amines) is 1. The van der Waals surface area contributed by atoms with E-state index in [1.165, 1.54) is 18.2 Å². The molecular weight excluding hydrogens is 317 g/mol. The molecule has 0 bridgehead atoms. The van der Waals surface area contributed by atoms with Gasteiger partial charge in [-0.3, -0.25) is 4.79 Å². The highest BCUT2D eigenvalue weighted by molar-refractivity contribution is 5.85. The summed E-state index contributed by atoms with van der Waals surface area (Å²) >= 11 is 0. The second kappa shape index (κ2) is 7.83. The number of amides is 1. The topological polar surface area (TPSA) is 32.3 Å². The number of benzene rings is 1. The van der Waals surface area contributed by atoms with Crippen molar-refractivity contribution in [1.29, 1.82) is 0 Å². The van der Waals surface area contributed by atoms with E-state index in [0.29, 0.717) is 19.0 Å². The fraction of sp³-hybridized carbons (Fsp3) is 0.533. The molecule has 2 rings (SSSR count). The third-order valence-corrected chi connectivity index (χ3v) is 3.80. The second-order valence-electron chi connectivity index (χ2n) is 5.38. The van der Waals surface area contributed by atoms with Crippen LogP contribution in [0.5, 0.6) is 0 Å². The van der Waals surface area contributed by atoms with Crippen LogP contribution in [0.1, 0.15) is 17.5 Å². The molecule has 1 N–H and O–H groups in total. The summed E-state index contributed by atoms with van der Waals surface area (Å²) in [4.78, 5) is 13.8. The van der Waals surface area contributed by atoms with E-state index in [1.807, 2.05) is 7.05 Å². The predicted octanol–water partition coefficient (Wildman–Crippen LogP) is 2.74. The lowest BCUT2D eigenvalue weighted by Gasteiger charge is -2.18. The smallest absolute Gasteiger partial charge is 0.342 e. The molecule has 1 aromatic rings. The average molecular weight is 337 g/mol. The van der Waals surface area contributed by atoms with E-state index in [1.54, 1.807) is 4.90 Å². The van der Waals surface area contributed by atoms with Crippen molar-refractivity contribution < 1.29 is 18.0 Å². The Morgan fingerprint density at radius 1 is 1.36 bits per heavy atom. The number of hydrogen-bond donors (Lipinski definition) is 1. The summed E-state index contributed by atoms with van der Waals surface area (Å²) in [5, 5.41) is 3.06. The van der Waals surface area contributed by atoms with Crippen molar-refractivity contribution in [3.63, 3.8) is 0 Å². The molecule has 0 aliphatic carbocycles. The Bertz CT molecular complexity index is 508. The maximum atomic E-state index is 12.9. The van der Waals surface area contributed by atoms with Crippen LogP contribution >= 0.6 is 12.4 Å². The number of nitrogens with zero attached hydrogens (tertiary/aromatic N) is 1. The Hall–Kier alpha value is -1.27. The van der Waals surface area contributed by atoms with E-state index in [2.05, 4.69) is 5.32 Å². The number of rotatable bonds is 4. The standard InChI is InChI=1S/C15H19F3N2O.ClH/c1-19-9-11-6-7-20(10-11)14(21)8-12-4-2-3-5-13(12)15(16,17)18;/h2-5,11,19H,6-10H2,1H3;1H. The van der Waals surface area contributed by atoms with Gasteiger partial charge in [0.05, 0.1) is 12.0 Å². The number of hydrogen-bond acceptors (Lipinski definition) is 2. The molecule has 1 aliphatic heterocycles. The molecule has 0 saturated carbocycles. The SMILES string of the molecule is CNCC1CCN(C(=O)Cc2ccccc2C(F)(F)F)C1.Cl. The molecule has 3 nitrogen and oxygen atoms in total. The van der Waals surface area contributed by atoms with E-state index in [0.717, 1.165) is 19.0 Å². The van der Waals surface area contributed by atoms with Gasteiger partial charge in [-0.25, -0.2) is 0 Å². The Morgan fingerprint density at radius 2 is 2.05 bits per heavy atom. The Morgan fingerprint density at radius 3 is 2.68 bits per heavy atom. The summed E-state index contributed by atoms with van der Waals surface area (Å²) in [6.07, 6.45) is -3.72. The molecule has 0 radical (unpaired) electrons. The number of carbonyl (C=O) groups is 1. The monoisotopic (exact) mass is 336 g/mol. The lowest BCUT2D eigenvalue weighted by atomic mass is 10.0. The summed E-state index contributed by atoms with van der Waals surface area (Å²) in [6, 6.07) is 5.28. The molecule has 1 aliphatic rings. The number of halogens is 4. The van der Waals surface area contributed by atoms with E-state index >= 15 is 0 Å². The predicted molar refractivity (Wildman–Crippen MR) is 81.0 cm³/mol. The summed E-state index contributed by atoms with van der Waals surface area (Å²) in [5.41, 5.74) is -0.670. The second-order valence-corrected chi connectivity index (χ2v) is 5.38. The van der Waals surface area contributed by atoms with Gasteiger partial charge in [-0.15, -0.1) is 12.4 Å². The first-order valence-corrected chi connectivity index (χ1v) is 6.99. The lowest BCUT2D eigenvalue weighted by Crippen LogP contribution is -2.32. The van der Waals surface area contributed by atoms with Crippen LogP contribution in [0.25, 0.3) is 0 Å². The molecule has 1 saturated heterocycles. The van der Waals surface area contributed by atoms with Crippen LogP contribution in [0.4, 0.5) is 13.2 Å². The number of alkyl halides is 3. The van der Waals surface area contributed by atoms with Gasteiger partial charge < -0.3 is 10.2 Å². The van der Waals surface area contributed by atoms with Crippen LogP contribution in [-0.2, 0) is 17.4 Å². The molecule has 0 spiro atoms. The highest BCUT2D eigenvalue weighted by atomic mass is 35.5. The number of carbonyl (C=O) groups excluding carboxylic acids is 1. The molecule has 1 atom stereocenters. The molecule has 1 amide bonds. The van der Waals surface area contributed by atoms with Crippen molar-refractivity contribution in [2.45, 2.75) is 19.0 Å². The molecule has 22 heavy (non-hydrogen) atoms. The highest BCUT2D eigenvalue weighted by Crippen LogP contribution is 2.32. The third-order valence-electron chi connectivity index (χ3n) is 3.80. The summed E-state index contributed by atoms with van der Waals surface area (Å²) in [7, 11) is 1.85. The zero-order chi connectivity index (χ0) is 15.5. The van der Waals surface area contributed by atoms with Gasteiger partial charge in [0.25, 0.3) is 0 Å². The largest absolute Gasteiger partial charge is 0.416 e. The summed E-state index contributed by atoms with van der Waals surface area (Å²) in [6.45, 7) is 2.07. The van der Waals surface area contributed by atoms with Gasteiger partial charge >= 0.3 is 6.18 Å². The zero-order valence-corrected chi connectivity index (χ0v) is 13.1. The molecule has 1 aromatic carbocycles. The maximum Gasteiger partial charge on any atom is 0.416 e. The molecule has 1 unspecified atom stereocenters. The minimum absolute atomic E-state index is 0. The van der Waals surface area contributed by atoms with Gasteiger partial charge in [0.2, 0.25) is 5.91 Å². The van der Waals surface area contributed by atoms with Gasteiger partial charge in [-0.2, -0.15) is 13.2 Å². The Kier molecular flexibility index (Phi) is 6.68. The number of nitrogens with one attached hydrogen (secondary N) is 1. The van der Waals surface area contributed by atoms with Crippen LogP contribution in [0.2, 0.25) is 0 Å². The third kappa shape index (κ3) is 4.61. The quantitative estimate of drug-likeness (QED) is 0.917. The molecule has 1 fully saturated rings. The lowest BCUT2D eigenvalue weighted by molar-refractivity contribution is -0.138. The Balaban J connectivity index is 0.00000242. The van der Waals surface area contributed by atoms with Gasteiger partial charge in [0.15, 0.2) is 0 Å². The van der Waals surface area contributed by atoms with Crippen LogP contribution in [0, 0.1) is 5.92 Å². The van der Waals surface area contributed by atoms with Gasteiger partial charge in [-0.05, 0) is 37.6 Å². The minimum atomic E-state index is -4.42. The fourth-order valence-electron chi connectivity index (χ4n) is 2.74. The fourth-order valence-corrected chi connectivity index (χ4v) is 2.74. The normalized spacial score (nSPS) is 18.2. The maximum absolute atomic E-state index is 12.9. The molecular formula is C15H20ClF3N2O. The van der Waals surface area contributed by atoms with Crippen LogP contribution in [0.3, 0.4) is 0 Å². The molecule has 1 heterocycles. The zero-order valence-electron chi connectivity index (χ0n) is 12.3. The highest BCUT2D eigenvalue weighted by Gasteiger charge is 2.34. The van der Waals surface area contributed by atoms with Crippen LogP contribution in [-0.4, -0.2) is 37.5 Å². The summed E-state index contributed by atoms with van der Waals surface area (Å²) in [5.74, 6) is 0.155. The van der Waals surface area contributed by atoms with E-state index in [-0.39, 0.29) is 30.3 Å². The van der Waals surface area contributed by atoms with E-state index in [4.69, 9.17) is 0 Å². The van der Waals surface area contributed by atoms with Gasteiger partial charge in [-0.1, -0.05) is 18.2 Å². The summed E-state index contributed by atoms with van der Waals surface area (Å²) < 4.78 is 38.7. The first kappa shape index (κ1) is 18.8. The molecule has 0 aromatic heterocycles. The van der Waals surface area contributed by atoms with Crippen molar-refractivity contribution in [3.05, 3.63) is 35.4 Å².